The van der Waals surface area contributed by atoms with Crippen LogP contribution >= 0.6 is 0 Å². The van der Waals surface area contributed by atoms with Gasteiger partial charge in [-0.2, -0.15) is 0 Å². The lowest BCUT2D eigenvalue weighted by atomic mass is 9.89. The zero-order valence-electron chi connectivity index (χ0n) is 9.18. The molecule has 1 aromatic carbocycles. The predicted molar refractivity (Wildman–Crippen MR) is 59.6 cm³/mol. The molecule has 1 aliphatic heterocycles. The maximum atomic E-state index is 13.0. The molecule has 0 aromatic heterocycles. The van der Waals surface area contributed by atoms with E-state index >= 15 is 0 Å². The third-order valence-electron chi connectivity index (χ3n) is 3.28. The van der Waals surface area contributed by atoms with E-state index in [1.165, 1.54) is 0 Å². The second kappa shape index (κ2) is 4.47. The molecule has 2 nitrogen and oxygen atoms in total. The highest BCUT2D eigenvalue weighted by Gasteiger charge is 2.43. The molecule has 1 aliphatic rings. The number of benzene rings is 1. The van der Waals surface area contributed by atoms with Gasteiger partial charge in [-0.15, -0.1) is 0 Å². The minimum atomic E-state index is -2.36. The van der Waals surface area contributed by atoms with Gasteiger partial charge in [0, 0.05) is 18.5 Å². The Balaban J connectivity index is 2.31. The Morgan fingerprint density at radius 1 is 1.31 bits per heavy atom. The monoisotopic (exact) mass is 226 g/mol. The summed E-state index contributed by atoms with van der Waals surface area (Å²) < 4.78 is 26.0. The number of nitrogens with two attached hydrogens (primary N) is 1. The van der Waals surface area contributed by atoms with E-state index in [2.05, 4.69) is 0 Å². The quantitative estimate of drug-likeness (QED) is 0.831. The first-order chi connectivity index (χ1) is 7.61. The molecule has 3 atom stereocenters. The van der Waals surface area contributed by atoms with E-state index in [1.54, 1.807) is 11.9 Å². The van der Waals surface area contributed by atoms with Gasteiger partial charge in [-0.05, 0) is 12.6 Å². The van der Waals surface area contributed by atoms with Crippen molar-refractivity contribution >= 4 is 0 Å². The maximum Gasteiger partial charge on any atom is 0.254 e. The molecule has 0 radical (unpaired) electrons. The number of hydrogen-bond donors (Lipinski definition) is 1. The van der Waals surface area contributed by atoms with Crippen LogP contribution in [0.15, 0.2) is 30.3 Å². The van der Waals surface area contributed by atoms with Crippen molar-refractivity contribution in [1.82, 2.24) is 4.90 Å². The molecule has 0 aliphatic carbocycles. The lowest BCUT2D eigenvalue weighted by molar-refractivity contribution is 0.0513. The smallest absolute Gasteiger partial charge is 0.254 e. The first kappa shape index (κ1) is 11.5. The van der Waals surface area contributed by atoms with E-state index in [9.17, 15) is 8.78 Å². The molecule has 16 heavy (non-hydrogen) atoms. The fourth-order valence-electron chi connectivity index (χ4n) is 2.56. The topological polar surface area (TPSA) is 29.3 Å². The molecule has 0 spiro atoms. The molecule has 1 fully saturated rings. The molecule has 2 rings (SSSR count). The molecule has 2 N–H and O–H groups in total. The Morgan fingerprint density at radius 2 is 1.94 bits per heavy atom. The van der Waals surface area contributed by atoms with E-state index in [0.29, 0.717) is 6.54 Å². The van der Waals surface area contributed by atoms with Crippen LogP contribution in [0.4, 0.5) is 8.78 Å². The summed E-state index contributed by atoms with van der Waals surface area (Å²) in [5, 5.41) is 0. The minimum Gasteiger partial charge on any atom is -0.326 e. The van der Waals surface area contributed by atoms with Gasteiger partial charge < -0.3 is 5.73 Å². The number of likely N-dealkylation sites (N-methyl/N-ethyl adjacent to an activating group) is 1. The highest BCUT2D eigenvalue weighted by molar-refractivity contribution is 5.25. The first-order valence-corrected chi connectivity index (χ1v) is 5.40. The van der Waals surface area contributed by atoms with E-state index in [0.717, 1.165) is 5.56 Å². The van der Waals surface area contributed by atoms with Gasteiger partial charge in [-0.1, -0.05) is 30.3 Å². The van der Waals surface area contributed by atoms with E-state index < -0.39 is 12.5 Å². The average Bonchev–Trinajstić information content (AvgIpc) is 2.55. The number of likely N-dealkylation sites (tertiary alicyclic amines) is 1. The van der Waals surface area contributed by atoms with Crippen molar-refractivity contribution < 1.29 is 8.78 Å². The van der Waals surface area contributed by atoms with Crippen molar-refractivity contribution in [2.45, 2.75) is 24.4 Å². The summed E-state index contributed by atoms with van der Waals surface area (Å²) in [7, 11) is 1.71. The van der Waals surface area contributed by atoms with Crippen LogP contribution in [0.2, 0.25) is 0 Å². The summed E-state index contributed by atoms with van der Waals surface area (Å²) in [6.45, 7) is 0.522. The largest absolute Gasteiger partial charge is 0.326 e. The molecule has 1 heterocycles. The third kappa shape index (κ3) is 1.95. The van der Waals surface area contributed by atoms with Gasteiger partial charge in [0.15, 0.2) is 0 Å². The zero-order chi connectivity index (χ0) is 11.7. The summed E-state index contributed by atoms with van der Waals surface area (Å²) >= 11 is 0. The molecule has 0 saturated carbocycles. The van der Waals surface area contributed by atoms with Gasteiger partial charge in [-0.25, -0.2) is 8.78 Å². The predicted octanol–water partition coefficient (Wildman–Crippen LogP) is 1.68. The standard InChI is InChI=1S/C12H16F2N2/c1-16-7-9(15)10(11(16)12(13)14)8-5-3-2-4-6-8/h2-6,9-12H,7,15H2,1H3/t9-,10+,11?/m0/s1. The van der Waals surface area contributed by atoms with Gasteiger partial charge in [0.1, 0.15) is 0 Å². The minimum absolute atomic E-state index is 0.216. The van der Waals surface area contributed by atoms with Crippen molar-refractivity contribution in [2.75, 3.05) is 13.6 Å². The summed E-state index contributed by atoms with van der Waals surface area (Å²) in [4.78, 5) is 1.66. The summed E-state index contributed by atoms with van der Waals surface area (Å²) in [6, 6.07) is 8.37. The van der Waals surface area contributed by atoms with Gasteiger partial charge in [0.25, 0.3) is 6.43 Å². The van der Waals surface area contributed by atoms with Crippen molar-refractivity contribution in [3.05, 3.63) is 35.9 Å². The van der Waals surface area contributed by atoms with Crippen LogP contribution in [0.25, 0.3) is 0 Å². The van der Waals surface area contributed by atoms with Gasteiger partial charge >= 0.3 is 0 Å². The van der Waals surface area contributed by atoms with Crippen molar-refractivity contribution in [2.24, 2.45) is 5.73 Å². The molecule has 1 saturated heterocycles. The highest BCUT2D eigenvalue weighted by Crippen LogP contribution is 2.34. The average molecular weight is 226 g/mol. The maximum absolute atomic E-state index is 13.0. The summed E-state index contributed by atoms with van der Waals surface area (Å²) in [5.74, 6) is -0.272. The summed E-state index contributed by atoms with van der Waals surface area (Å²) in [6.07, 6.45) is -2.36. The van der Waals surface area contributed by atoms with Crippen LogP contribution in [0.3, 0.4) is 0 Å². The summed E-state index contributed by atoms with van der Waals surface area (Å²) in [5.41, 5.74) is 6.86. The highest BCUT2D eigenvalue weighted by atomic mass is 19.3. The molecular formula is C12H16F2N2. The Bertz CT molecular complexity index is 342. The Hall–Kier alpha value is -1.00. The number of rotatable bonds is 2. The fourth-order valence-corrected chi connectivity index (χ4v) is 2.56. The van der Waals surface area contributed by atoms with Crippen molar-refractivity contribution in [3.63, 3.8) is 0 Å². The van der Waals surface area contributed by atoms with Crippen LogP contribution in [0, 0.1) is 0 Å². The van der Waals surface area contributed by atoms with E-state index in [4.69, 9.17) is 5.73 Å². The van der Waals surface area contributed by atoms with Gasteiger partial charge in [0.05, 0.1) is 6.04 Å². The number of alkyl halides is 2. The Morgan fingerprint density at radius 3 is 2.50 bits per heavy atom. The normalized spacial score (nSPS) is 31.2. The number of nitrogens with zero attached hydrogens (tertiary/aromatic N) is 1. The Kier molecular flexibility index (Phi) is 3.21. The second-order valence-corrected chi connectivity index (χ2v) is 4.36. The zero-order valence-corrected chi connectivity index (χ0v) is 9.18. The lowest BCUT2D eigenvalue weighted by Gasteiger charge is -2.25. The first-order valence-electron chi connectivity index (χ1n) is 5.40. The molecule has 4 heteroatoms. The van der Waals surface area contributed by atoms with Gasteiger partial charge in [0.2, 0.25) is 0 Å². The van der Waals surface area contributed by atoms with Crippen LogP contribution in [0.5, 0.6) is 0 Å². The SMILES string of the molecule is CN1C[C@H](N)[C@@H](c2ccccc2)C1C(F)F. The molecule has 1 aromatic rings. The number of hydrogen-bond acceptors (Lipinski definition) is 2. The molecular weight excluding hydrogens is 210 g/mol. The number of halogens is 2. The van der Waals surface area contributed by atoms with Crippen LogP contribution in [0.1, 0.15) is 11.5 Å². The second-order valence-electron chi connectivity index (χ2n) is 4.36. The molecule has 88 valence electrons. The lowest BCUT2D eigenvalue weighted by Crippen LogP contribution is -2.36. The fraction of sp³-hybridized carbons (Fsp3) is 0.500. The van der Waals surface area contributed by atoms with E-state index in [-0.39, 0.29) is 12.0 Å². The van der Waals surface area contributed by atoms with Crippen LogP contribution in [-0.4, -0.2) is 37.0 Å². The van der Waals surface area contributed by atoms with Crippen LogP contribution in [-0.2, 0) is 0 Å². The molecule has 0 amide bonds. The Labute approximate surface area is 94.0 Å². The third-order valence-corrected chi connectivity index (χ3v) is 3.28. The van der Waals surface area contributed by atoms with E-state index in [1.807, 2.05) is 30.3 Å². The molecule has 1 unspecified atom stereocenters. The molecule has 0 bridgehead atoms. The van der Waals surface area contributed by atoms with Gasteiger partial charge in [-0.3, -0.25) is 4.90 Å². The van der Waals surface area contributed by atoms with Crippen LogP contribution < -0.4 is 5.73 Å². The van der Waals surface area contributed by atoms with Crippen molar-refractivity contribution in [1.29, 1.82) is 0 Å². The van der Waals surface area contributed by atoms with Crippen molar-refractivity contribution in [3.8, 4) is 0 Å².